The van der Waals surface area contributed by atoms with Gasteiger partial charge in [-0.3, -0.25) is 4.98 Å². The largest absolute Gasteiger partial charge is 0.490 e. The van der Waals surface area contributed by atoms with Crippen LogP contribution in [0, 0.1) is 13.8 Å². The number of aryl methyl sites for hydroxylation is 2. The van der Waals surface area contributed by atoms with Gasteiger partial charge in [-0.15, -0.1) is 0 Å². The number of benzene rings is 5. The number of anilines is 3. The minimum atomic E-state index is -0.488. The highest BCUT2D eigenvalue weighted by molar-refractivity contribution is 5.97. The van der Waals surface area contributed by atoms with Gasteiger partial charge in [0.15, 0.2) is 0 Å². The molecular formula is C47H42N2O6. The van der Waals surface area contributed by atoms with E-state index in [1.165, 1.54) is 11.1 Å². The Balaban J connectivity index is 1.32. The molecule has 1 heterocycles. The number of ether oxygens (including phenoxy) is 4. The van der Waals surface area contributed by atoms with Gasteiger partial charge in [0.2, 0.25) is 0 Å². The third-order valence-electron chi connectivity index (χ3n) is 8.92. The maximum atomic E-state index is 11.4. The van der Waals surface area contributed by atoms with Crippen molar-refractivity contribution >= 4 is 51.6 Å². The van der Waals surface area contributed by atoms with Crippen LogP contribution in [0.25, 0.3) is 22.6 Å². The van der Waals surface area contributed by atoms with Crippen molar-refractivity contribution in [2.24, 2.45) is 0 Å². The standard InChI is InChI=1S/C47H42N2O6/c1-5-45(50)54-29-27-52-41-22-15-36(16-23-41)43(37-17-24-42(25-18-37)53-28-30-55-46(51)6-2)32-35-13-20-39(21-14-35)49(40-19-12-33(3)34(4)31-40)44-11-7-9-38-10-8-26-48-47(38)44/h5-26,31-32H,1-2,27-30H2,3-4H3. The minimum absolute atomic E-state index is 0.122. The number of rotatable bonds is 16. The lowest BCUT2D eigenvalue weighted by molar-refractivity contribution is -0.139. The molecule has 0 saturated carbocycles. The van der Waals surface area contributed by atoms with Crippen LogP contribution in [0.1, 0.15) is 27.8 Å². The summed E-state index contributed by atoms with van der Waals surface area (Å²) in [4.78, 5) is 29.8. The summed E-state index contributed by atoms with van der Waals surface area (Å²) in [6.07, 6.45) is 6.23. The van der Waals surface area contributed by atoms with Crippen LogP contribution in [0.3, 0.4) is 0 Å². The topological polar surface area (TPSA) is 87.2 Å². The highest BCUT2D eigenvalue weighted by atomic mass is 16.6. The van der Waals surface area contributed by atoms with Crippen molar-refractivity contribution in [3.8, 4) is 11.5 Å². The van der Waals surface area contributed by atoms with Crippen molar-refractivity contribution in [3.05, 3.63) is 181 Å². The smallest absolute Gasteiger partial charge is 0.330 e. The molecule has 0 spiro atoms. The number of hydrogen-bond acceptors (Lipinski definition) is 8. The Morgan fingerprint density at radius 1 is 0.636 bits per heavy atom. The average Bonchev–Trinajstić information content (AvgIpc) is 3.22. The van der Waals surface area contributed by atoms with Gasteiger partial charge < -0.3 is 23.8 Å². The third kappa shape index (κ3) is 9.74. The van der Waals surface area contributed by atoms with Crippen LogP contribution in [0.2, 0.25) is 0 Å². The number of hydrogen-bond donors (Lipinski definition) is 0. The first-order valence-corrected chi connectivity index (χ1v) is 17.9. The molecule has 0 fully saturated rings. The summed E-state index contributed by atoms with van der Waals surface area (Å²) >= 11 is 0. The van der Waals surface area contributed by atoms with E-state index >= 15 is 0 Å². The van der Waals surface area contributed by atoms with E-state index in [-0.39, 0.29) is 26.4 Å². The van der Waals surface area contributed by atoms with Crippen LogP contribution < -0.4 is 14.4 Å². The number of fused-ring (bicyclic) bond motifs is 1. The van der Waals surface area contributed by atoms with Crippen LogP contribution in [0.15, 0.2) is 153 Å². The lowest BCUT2D eigenvalue weighted by Crippen LogP contribution is -2.11. The molecule has 1 aromatic heterocycles. The second-order valence-corrected chi connectivity index (χ2v) is 12.6. The number of nitrogens with zero attached hydrogens (tertiary/aromatic N) is 2. The van der Waals surface area contributed by atoms with Crippen LogP contribution in [0.4, 0.5) is 17.1 Å². The fraction of sp³-hybridized carbons (Fsp3) is 0.128. The molecule has 0 aliphatic heterocycles. The summed E-state index contributed by atoms with van der Waals surface area (Å²) in [6.45, 7) is 11.8. The molecule has 0 radical (unpaired) electrons. The molecule has 276 valence electrons. The van der Waals surface area contributed by atoms with Crippen molar-refractivity contribution in [2.75, 3.05) is 31.3 Å². The molecule has 0 N–H and O–H groups in total. The Morgan fingerprint density at radius 3 is 1.76 bits per heavy atom. The highest BCUT2D eigenvalue weighted by Crippen LogP contribution is 2.39. The number of carbonyl (C=O) groups is 2. The van der Waals surface area contributed by atoms with E-state index in [0.717, 1.165) is 62.4 Å². The van der Waals surface area contributed by atoms with E-state index in [2.05, 4.69) is 105 Å². The number of carbonyl (C=O) groups excluding carboxylic acids is 2. The monoisotopic (exact) mass is 730 g/mol. The molecule has 0 aliphatic carbocycles. The van der Waals surface area contributed by atoms with Gasteiger partial charge in [0.25, 0.3) is 0 Å². The van der Waals surface area contributed by atoms with Crippen molar-refractivity contribution in [2.45, 2.75) is 13.8 Å². The molecule has 6 aromatic rings. The predicted molar refractivity (Wildman–Crippen MR) is 219 cm³/mol. The number of pyridine rings is 1. The zero-order chi connectivity index (χ0) is 38.6. The van der Waals surface area contributed by atoms with E-state index in [9.17, 15) is 9.59 Å². The van der Waals surface area contributed by atoms with Gasteiger partial charge in [-0.2, -0.15) is 0 Å². The first-order chi connectivity index (χ1) is 26.8. The second-order valence-electron chi connectivity index (χ2n) is 12.6. The van der Waals surface area contributed by atoms with Gasteiger partial charge in [-0.25, -0.2) is 9.59 Å². The highest BCUT2D eigenvalue weighted by Gasteiger charge is 2.17. The third-order valence-corrected chi connectivity index (χ3v) is 8.92. The molecule has 55 heavy (non-hydrogen) atoms. The van der Waals surface area contributed by atoms with Gasteiger partial charge in [-0.1, -0.05) is 73.8 Å². The van der Waals surface area contributed by atoms with Crippen LogP contribution in [0.5, 0.6) is 11.5 Å². The predicted octanol–water partition coefficient (Wildman–Crippen LogP) is 10.1. The lowest BCUT2D eigenvalue weighted by atomic mass is 9.95. The van der Waals surface area contributed by atoms with E-state index < -0.39 is 11.9 Å². The molecule has 0 aliphatic rings. The fourth-order valence-corrected chi connectivity index (χ4v) is 5.96. The van der Waals surface area contributed by atoms with Crippen LogP contribution in [-0.4, -0.2) is 43.4 Å². The summed E-state index contributed by atoms with van der Waals surface area (Å²) in [5, 5.41) is 1.07. The van der Waals surface area contributed by atoms with E-state index in [1.807, 2.05) is 60.8 Å². The van der Waals surface area contributed by atoms with Gasteiger partial charge in [-0.05, 0) is 114 Å². The Morgan fingerprint density at radius 2 is 1.20 bits per heavy atom. The molecule has 0 bridgehead atoms. The Kier molecular flexibility index (Phi) is 12.5. The number of aromatic nitrogens is 1. The van der Waals surface area contributed by atoms with E-state index in [0.29, 0.717) is 11.5 Å². The van der Waals surface area contributed by atoms with E-state index in [4.69, 9.17) is 23.9 Å². The molecule has 8 nitrogen and oxygen atoms in total. The summed E-state index contributed by atoms with van der Waals surface area (Å²) in [5.74, 6) is 0.324. The summed E-state index contributed by atoms with van der Waals surface area (Å²) in [6, 6.07) is 40.9. The molecule has 0 unspecified atom stereocenters. The van der Waals surface area contributed by atoms with Crippen LogP contribution >= 0.6 is 0 Å². The average molecular weight is 731 g/mol. The van der Waals surface area contributed by atoms with Crippen molar-refractivity contribution < 1.29 is 28.5 Å². The second kappa shape index (κ2) is 18.2. The zero-order valence-corrected chi connectivity index (χ0v) is 30.9. The summed E-state index contributed by atoms with van der Waals surface area (Å²) in [5.41, 5.74) is 10.3. The van der Waals surface area contributed by atoms with Crippen LogP contribution in [-0.2, 0) is 19.1 Å². The normalized spacial score (nSPS) is 10.6. The molecule has 0 atom stereocenters. The Hall–Kier alpha value is -6.93. The molecule has 0 amide bonds. The Labute approximate surface area is 321 Å². The SMILES string of the molecule is C=CC(=O)OCCOc1ccc(C(=Cc2ccc(N(c3ccc(C)c(C)c3)c3cccc4cccnc34)cc2)c2ccc(OCCOC(=O)C=C)cc2)cc1. The number of para-hydroxylation sites is 1. The quantitative estimate of drug-likeness (QED) is 0.0421. The molecule has 0 saturated heterocycles. The van der Waals surface area contributed by atoms with Gasteiger partial charge >= 0.3 is 11.9 Å². The maximum absolute atomic E-state index is 11.4. The minimum Gasteiger partial charge on any atom is -0.490 e. The maximum Gasteiger partial charge on any atom is 0.330 e. The summed E-state index contributed by atoms with van der Waals surface area (Å²) in [7, 11) is 0. The lowest BCUT2D eigenvalue weighted by Gasteiger charge is -2.27. The first-order valence-electron chi connectivity index (χ1n) is 17.9. The van der Waals surface area contributed by atoms with Gasteiger partial charge in [0.05, 0.1) is 11.2 Å². The molecule has 5 aromatic carbocycles. The molecule has 8 heteroatoms. The summed E-state index contributed by atoms with van der Waals surface area (Å²) < 4.78 is 21.6. The van der Waals surface area contributed by atoms with Crippen molar-refractivity contribution in [3.63, 3.8) is 0 Å². The van der Waals surface area contributed by atoms with E-state index in [1.54, 1.807) is 0 Å². The fourth-order valence-electron chi connectivity index (χ4n) is 5.96. The van der Waals surface area contributed by atoms with Crippen molar-refractivity contribution in [1.82, 2.24) is 4.98 Å². The zero-order valence-electron chi connectivity index (χ0n) is 30.9. The molecular weight excluding hydrogens is 689 g/mol. The molecule has 6 rings (SSSR count). The number of esters is 2. The Bertz CT molecular complexity index is 2230. The first kappa shape index (κ1) is 37.8. The van der Waals surface area contributed by atoms with Gasteiger partial charge in [0, 0.05) is 35.1 Å². The van der Waals surface area contributed by atoms with Gasteiger partial charge in [0.1, 0.15) is 37.9 Å². The van der Waals surface area contributed by atoms with Crippen molar-refractivity contribution in [1.29, 1.82) is 0 Å².